The van der Waals surface area contributed by atoms with Gasteiger partial charge in [0.25, 0.3) is 0 Å². The first-order valence-electron chi connectivity index (χ1n) is 9.11. The topological polar surface area (TPSA) is 47.5 Å². The summed E-state index contributed by atoms with van der Waals surface area (Å²) in [6.45, 7) is 6.03. The van der Waals surface area contributed by atoms with Crippen LogP contribution in [0.2, 0.25) is 0 Å². The number of rotatable bonds is 2. The summed E-state index contributed by atoms with van der Waals surface area (Å²) < 4.78 is 11.5. The van der Waals surface area contributed by atoms with E-state index in [1.54, 1.807) is 6.20 Å². The van der Waals surface area contributed by atoms with Crippen LogP contribution in [-0.4, -0.2) is 47.3 Å². The van der Waals surface area contributed by atoms with Crippen molar-refractivity contribution in [3.63, 3.8) is 0 Å². The molecule has 1 aromatic heterocycles. The largest absolute Gasteiger partial charge is 0.474 e. The minimum atomic E-state index is 0.376. The summed E-state index contributed by atoms with van der Waals surface area (Å²) in [7, 11) is 0. The lowest BCUT2D eigenvalue weighted by atomic mass is 10.1. The summed E-state index contributed by atoms with van der Waals surface area (Å²) in [6, 6.07) is 11.0. The van der Waals surface area contributed by atoms with Crippen molar-refractivity contribution < 1.29 is 9.47 Å². The third-order valence-corrected chi connectivity index (χ3v) is 4.48. The van der Waals surface area contributed by atoms with Gasteiger partial charge in [0.1, 0.15) is 6.61 Å². The van der Waals surface area contributed by atoms with Gasteiger partial charge in [-0.2, -0.15) is 0 Å². The first kappa shape index (κ1) is 17.8. The standard InChI is InChI=1S/C20H27N3O2/c1-17-16-24-11-12-25-20-14-21-13-19(22-20)9-5-6-10-23(17)15-18-7-3-2-4-8-18/h2-4,7-8,13-14,17H,5-6,9-12,15-16H2,1H3/t17-/m0/s1. The second-order valence-electron chi connectivity index (χ2n) is 6.53. The Labute approximate surface area is 150 Å². The first-order valence-corrected chi connectivity index (χ1v) is 9.11. The second kappa shape index (κ2) is 9.49. The molecule has 1 aliphatic rings. The van der Waals surface area contributed by atoms with Crippen LogP contribution in [0.3, 0.4) is 0 Å². The minimum Gasteiger partial charge on any atom is -0.474 e. The summed E-state index contributed by atoms with van der Waals surface area (Å²) in [5.74, 6) is 0.594. The lowest BCUT2D eigenvalue weighted by molar-refractivity contribution is 0.0455. The van der Waals surface area contributed by atoms with Gasteiger partial charge in [0.05, 0.1) is 25.1 Å². The molecule has 0 amide bonds. The number of ether oxygens (including phenoxy) is 2. The maximum Gasteiger partial charge on any atom is 0.232 e. The fraction of sp³-hybridized carbons (Fsp3) is 0.500. The van der Waals surface area contributed by atoms with E-state index in [4.69, 9.17) is 9.47 Å². The van der Waals surface area contributed by atoms with E-state index in [1.807, 2.05) is 6.20 Å². The molecule has 2 aromatic rings. The van der Waals surface area contributed by atoms with E-state index in [0.717, 1.165) is 38.0 Å². The van der Waals surface area contributed by atoms with Crippen molar-refractivity contribution >= 4 is 0 Å². The van der Waals surface area contributed by atoms with E-state index in [-0.39, 0.29) is 0 Å². The highest BCUT2D eigenvalue weighted by Crippen LogP contribution is 2.13. The molecule has 0 fully saturated rings. The Bertz CT molecular complexity index is 636. The van der Waals surface area contributed by atoms with Crippen molar-refractivity contribution in [2.75, 3.05) is 26.4 Å². The fourth-order valence-corrected chi connectivity index (χ4v) is 3.04. The lowest BCUT2D eigenvalue weighted by Crippen LogP contribution is -2.37. The van der Waals surface area contributed by atoms with Crippen LogP contribution in [0.25, 0.3) is 0 Å². The van der Waals surface area contributed by atoms with Gasteiger partial charge < -0.3 is 9.47 Å². The molecule has 25 heavy (non-hydrogen) atoms. The van der Waals surface area contributed by atoms with Crippen LogP contribution in [0, 0.1) is 0 Å². The zero-order valence-corrected chi connectivity index (χ0v) is 14.9. The molecule has 134 valence electrons. The molecule has 0 radical (unpaired) electrons. The molecule has 1 atom stereocenters. The molecule has 1 aliphatic heterocycles. The molecule has 5 nitrogen and oxygen atoms in total. The molecular weight excluding hydrogens is 314 g/mol. The molecule has 0 saturated carbocycles. The minimum absolute atomic E-state index is 0.376. The Kier molecular flexibility index (Phi) is 6.77. The van der Waals surface area contributed by atoms with Crippen molar-refractivity contribution in [1.82, 2.24) is 14.9 Å². The molecule has 0 spiro atoms. The predicted molar refractivity (Wildman–Crippen MR) is 97.6 cm³/mol. The molecule has 1 aromatic carbocycles. The van der Waals surface area contributed by atoms with Crippen molar-refractivity contribution in [2.24, 2.45) is 0 Å². The van der Waals surface area contributed by atoms with E-state index >= 15 is 0 Å². The highest BCUT2D eigenvalue weighted by atomic mass is 16.5. The summed E-state index contributed by atoms with van der Waals surface area (Å²) >= 11 is 0. The molecule has 2 bridgehead atoms. The smallest absolute Gasteiger partial charge is 0.232 e. The Balaban J connectivity index is 1.63. The quantitative estimate of drug-likeness (QED) is 0.840. The van der Waals surface area contributed by atoms with E-state index < -0.39 is 0 Å². The summed E-state index contributed by atoms with van der Waals surface area (Å²) in [5, 5.41) is 0. The Morgan fingerprint density at radius 1 is 1.12 bits per heavy atom. The van der Waals surface area contributed by atoms with Gasteiger partial charge in [-0.25, -0.2) is 4.98 Å². The van der Waals surface area contributed by atoms with Crippen LogP contribution < -0.4 is 4.74 Å². The maximum atomic E-state index is 5.82. The number of fused-ring (bicyclic) bond motifs is 2. The molecule has 5 heteroatoms. The lowest BCUT2D eigenvalue weighted by Gasteiger charge is -2.29. The average Bonchev–Trinajstić information content (AvgIpc) is 2.64. The normalized spacial score (nSPS) is 20.4. The summed E-state index contributed by atoms with van der Waals surface area (Å²) in [6.07, 6.45) is 6.66. The highest BCUT2D eigenvalue weighted by Gasteiger charge is 2.15. The monoisotopic (exact) mass is 341 g/mol. The van der Waals surface area contributed by atoms with Gasteiger partial charge in [-0.3, -0.25) is 9.88 Å². The van der Waals surface area contributed by atoms with E-state index in [9.17, 15) is 0 Å². The van der Waals surface area contributed by atoms with E-state index in [1.165, 1.54) is 5.56 Å². The third-order valence-electron chi connectivity index (χ3n) is 4.48. The van der Waals surface area contributed by atoms with Crippen molar-refractivity contribution in [3.8, 4) is 5.88 Å². The van der Waals surface area contributed by atoms with Crippen LogP contribution in [-0.2, 0) is 17.7 Å². The van der Waals surface area contributed by atoms with Gasteiger partial charge >= 0.3 is 0 Å². The number of nitrogens with zero attached hydrogens (tertiary/aromatic N) is 3. The zero-order valence-electron chi connectivity index (χ0n) is 14.9. The Morgan fingerprint density at radius 2 is 2.00 bits per heavy atom. The van der Waals surface area contributed by atoms with Gasteiger partial charge in [0.15, 0.2) is 0 Å². The van der Waals surface area contributed by atoms with Crippen LogP contribution >= 0.6 is 0 Å². The molecule has 0 unspecified atom stereocenters. The molecule has 3 rings (SSSR count). The third kappa shape index (κ3) is 5.80. The van der Waals surface area contributed by atoms with Crippen molar-refractivity contribution in [3.05, 3.63) is 54.0 Å². The number of aryl methyl sites for hydroxylation is 1. The molecule has 0 saturated heterocycles. The van der Waals surface area contributed by atoms with Crippen LogP contribution in [0.1, 0.15) is 31.0 Å². The Hall–Kier alpha value is -1.98. The van der Waals surface area contributed by atoms with Crippen LogP contribution in [0.4, 0.5) is 0 Å². The number of aromatic nitrogens is 2. The molecule has 0 N–H and O–H groups in total. The average molecular weight is 341 g/mol. The number of hydrogen-bond acceptors (Lipinski definition) is 5. The fourth-order valence-electron chi connectivity index (χ4n) is 3.04. The molecular formula is C20H27N3O2. The molecule has 2 heterocycles. The van der Waals surface area contributed by atoms with Crippen molar-refractivity contribution in [1.29, 1.82) is 0 Å². The number of benzene rings is 1. The summed E-state index contributed by atoms with van der Waals surface area (Å²) in [4.78, 5) is 11.2. The summed E-state index contributed by atoms with van der Waals surface area (Å²) in [5.41, 5.74) is 2.34. The van der Waals surface area contributed by atoms with Gasteiger partial charge in [-0.05, 0) is 38.3 Å². The van der Waals surface area contributed by atoms with Crippen molar-refractivity contribution in [2.45, 2.75) is 38.8 Å². The SMILES string of the molecule is C[C@H]1COCCOc2cncc(n2)CCCCN1Cc1ccccc1. The number of hydrogen-bond donors (Lipinski definition) is 0. The predicted octanol–water partition coefficient (Wildman–Crippen LogP) is 3.10. The van der Waals surface area contributed by atoms with Crippen LogP contribution in [0.5, 0.6) is 5.88 Å². The zero-order chi connectivity index (χ0) is 17.3. The van der Waals surface area contributed by atoms with Gasteiger partial charge in [0, 0.05) is 18.8 Å². The van der Waals surface area contributed by atoms with E-state index in [0.29, 0.717) is 31.7 Å². The van der Waals surface area contributed by atoms with E-state index in [2.05, 4.69) is 52.1 Å². The first-order chi connectivity index (χ1) is 12.3. The van der Waals surface area contributed by atoms with Gasteiger partial charge in [-0.15, -0.1) is 0 Å². The van der Waals surface area contributed by atoms with Gasteiger partial charge in [0.2, 0.25) is 5.88 Å². The Morgan fingerprint density at radius 3 is 2.88 bits per heavy atom. The maximum absolute atomic E-state index is 5.82. The molecule has 0 aliphatic carbocycles. The van der Waals surface area contributed by atoms with Gasteiger partial charge in [-0.1, -0.05) is 30.3 Å². The second-order valence-corrected chi connectivity index (χ2v) is 6.53. The van der Waals surface area contributed by atoms with Crippen LogP contribution in [0.15, 0.2) is 42.7 Å². The highest BCUT2D eigenvalue weighted by molar-refractivity contribution is 5.14.